The van der Waals surface area contributed by atoms with Gasteiger partial charge in [0.05, 0.1) is 0 Å². The van der Waals surface area contributed by atoms with Crippen LogP contribution >= 0.6 is 0 Å². The molecule has 0 spiro atoms. The van der Waals surface area contributed by atoms with Crippen molar-refractivity contribution >= 4 is 17.7 Å². The van der Waals surface area contributed by atoms with E-state index in [9.17, 15) is 14.4 Å². The first-order chi connectivity index (χ1) is 12.7. The van der Waals surface area contributed by atoms with E-state index in [2.05, 4.69) is 23.7 Å². The lowest BCUT2D eigenvalue weighted by molar-refractivity contribution is -0.142. The Morgan fingerprint density at radius 1 is 1.15 bits per heavy atom. The molecule has 0 fully saturated rings. The molecular formula is C21H34N2O4. The highest BCUT2D eigenvalue weighted by molar-refractivity contribution is 5.99. The van der Waals surface area contributed by atoms with Crippen molar-refractivity contribution in [1.82, 2.24) is 9.88 Å². The molecule has 152 valence electrons. The molecular weight excluding hydrogens is 344 g/mol. The molecule has 1 amide bonds. The topological polar surface area (TPSA) is 77.4 Å². The van der Waals surface area contributed by atoms with E-state index in [4.69, 9.17) is 4.74 Å². The summed E-state index contributed by atoms with van der Waals surface area (Å²) in [6.07, 6.45) is 3.70. The van der Waals surface area contributed by atoms with E-state index in [1.54, 1.807) is 0 Å². The molecule has 1 aromatic rings. The average molecular weight is 379 g/mol. The first-order valence-corrected chi connectivity index (χ1v) is 9.82. The summed E-state index contributed by atoms with van der Waals surface area (Å²) in [7, 11) is 0. The standard InChI is InChI=1S/C21H34N2O4/c1-15(2)10-12-23-16(3)13-19(17(23)4)20(25)14-27-21(26)9-7-6-8-11-22-18(5)24/h13,15H,6-12,14H2,1-5H3,(H,22,24). The molecule has 1 N–H and O–H groups in total. The zero-order valence-electron chi connectivity index (χ0n) is 17.4. The Hall–Kier alpha value is -2.11. The monoisotopic (exact) mass is 378 g/mol. The number of esters is 1. The van der Waals surface area contributed by atoms with E-state index < -0.39 is 0 Å². The lowest BCUT2D eigenvalue weighted by atomic mass is 10.1. The second kappa shape index (κ2) is 11.6. The number of nitrogens with one attached hydrogen (secondary N) is 1. The number of ketones is 1. The molecule has 0 saturated heterocycles. The van der Waals surface area contributed by atoms with Crippen molar-refractivity contribution in [3.8, 4) is 0 Å². The first kappa shape index (κ1) is 22.9. The van der Waals surface area contributed by atoms with Crippen molar-refractivity contribution in [3.63, 3.8) is 0 Å². The summed E-state index contributed by atoms with van der Waals surface area (Å²) in [5, 5.41) is 2.72. The smallest absolute Gasteiger partial charge is 0.306 e. The number of aromatic nitrogens is 1. The number of hydrogen-bond donors (Lipinski definition) is 1. The summed E-state index contributed by atoms with van der Waals surface area (Å²) in [5.41, 5.74) is 2.63. The Kier molecular flexibility index (Phi) is 9.83. The van der Waals surface area contributed by atoms with Crippen LogP contribution < -0.4 is 5.32 Å². The second-order valence-corrected chi connectivity index (χ2v) is 7.50. The minimum Gasteiger partial charge on any atom is -0.457 e. The third-order valence-electron chi connectivity index (χ3n) is 4.60. The zero-order valence-corrected chi connectivity index (χ0v) is 17.4. The van der Waals surface area contributed by atoms with E-state index in [-0.39, 0.29) is 24.3 Å². The summed E-state index contributed by atoms with van der Waals surface area (Å²) < 4.78 is 7.29. The van der Waals surface area contributed by atoms with Crippen LogP contribution in [0.15, 0.2) is 6.07 Å². The maximum Gasteiger partial charge on any atom is 0.306 e. The Balaban J connectivity index is 2.38. The molecule has 6 heteroatoms. The molecule has 0 saturated carbocycles. The zero-order chi connectivity index (χ0) is 20.4. The normalized spacial score (nSPS) is 10.9. The highest BCUT2D eigenvalue weighted by Gasteiger charge is 2.17. The van der Waals surface area contributed by atoms with Gasteiger partial charge in [0.15, 0.2) is 6.61 Å². The van der Waals surface area contributed by atoms with Crippen molar-refractivity contribution in [2.45, 2.75) is 73.3 Å². The summed E-state index contributed by atoms with van der Waals surface area (Å²) >= 11 is 0. The van der Waals surface area contributed by atoms with Gasteiger partial charge in [0.2, 0.25) is 11.7 Å². The van der Waals surface area contributed by atoms with Crippen LogP contribution in [0.1, 0.15) is 74.6 Å². The van der Waals surface area contributed by atoms with Crippen LogP contribution in [0.25, 0.3) is 0 Å². The van der Waals surface area contributed by atoms with Gasteiger partial charge in [-0.15, -0.1) is 0 Å². The molecule has 1 aromatic heterocycles. The Labute approximate surface area is 162 Å². The van der Waals surface area contributed by atoms with Crippen LogP contribution in [0.5, 0.6) is 0 Å². The fraction of sp³-hybridized carbons (Fsp3) is 0.667. The number of hydrogen-bond acceptors (Lipinski definition) is 4. The van der Waals surface area contributed by atoms with Crippen molar-refractivity contribution in [2.24, 2.45) is 5.92 Å². The van der Waals surface area contributed by atoms with E-state index in [0.29, 0.717) is 30.9 Å². The van der Waals surface area contributed by atoms with Crippen molar-refractivity contribution < 1.29 is 19.1 Å². The molecule has 1 rings (SSSR count). The van der Waals surface area contributed by atoms with E-state index in [0.717, 1.165) is 37.2 Å². The summed E-state index contributed by atoms with van der Waals surface area (Å²) in [6, 6.07) is 1.88. The molecule has 0 aromatic carbocycles. The lowest BCUT2D eigenvalue weighted by Gasteiger charge is -2.11. The van der Waals surface area contributed by atoms with Crippen molar-refractivity contribution in [2.75, 3.05) is 13.2 Å². The number of carbonyl (C=O) groups is 3. The van der Waals surface area contributed by atoms with Crippen molar-refractivity contribution in [1.29, 1.82) is 0 Å². The molecule has 0 unspecified atom stereocenters. The molecule has 0 atom stereocenters. The molecule has 0 bridgehead atoms. The number of amides is 1. The third kappa shape index (κ3) is 8.41. The highest BCUT2D eigenvalue weighted by Crippen LogP contribution is 2.18. The first-order valence-electron chi connectivity index (χ1n) is 9.82. The van der Waals surface area contributed by atoms with Crippen LogP contribution in [-0.2, 0) is 20.9 Å². The van der Waals surface area contributed by atoms with Crippen molar-refractivity contribution in [3.05, 3.63) is 23.0 Å². The van der Waals surface area contributed by atoms with Gasteiger partial charge in [0.25, 0.3) is 0 Å². The molecule has 6 nitrogen and oxygen atoms in total. The maximum atomic E-state index is 12.4. The fourth-order valence-electron chi connectivity index (χ4n) is 2.95. The maximum absolute atomic E-state index is 12.4. The van der Waals surface area contributed by atoms with Gasteiger partial charge in [-0.25, -0.2) is 0 Å². The number of Topliss-reactive ketones (excluding diaryl/α,β-unsaturated/α-hetero) is 1. The van der Waals surface area contributed by atoms with Crippen LogP contribution in [0.4, 0.5) is 0 Å². The van der Waals surface area contributed by atoms with Gasteiger partial charge in [-0.3, -0.25) is 14.4 Å². The summed E-state index contributed by atoms with van der Waals surface area (Å²) in [5.74, 6) is 0.0513. The number of unbranched alkanes of at least 4 members (excludes halogenated alkanes) is 2. The Morgan fingerprint density at radius 3 is 2.48 bits per heavy atom. The van der Waals surface area contributed by atoms with Crippen LogP contribution in [0.3, 0.4) is 0 Å². The minimum absolute atomic E-state index is 0.0449. The Bertz CT molecular complexity index is 647. The van der Waals surface area contributed by atoms with Gasteiger partial charge in [-0.2, -0.15) is 0 Å². The number of aryl methyl sites for hydroxylation is 1. The van der Waals surface area contributed by atoms with E-state index >= 15 is 0 Å². The SMILES string of the molecule is CC(=O)NCCCCCC(=O)OCC(=O)c1cc(C)n(CCC(C)C)c1C. The third-order valence-corrected chi connectivity index (χ3v) is 4.60. The van der Waals surface area contributed by atoms with Gasteiger partial charge in [0, 0.05) is 43.4 Å². The van der Waals surface area contributed by atoms with Gasteiger partial charge in [-0.1, -0.05) is 20.3 Å². The molecule has 1 heterocycles. The minimum atomic E-state index is -0.350. The van der Waals surface area contributed by atoms with Crippen LogP contribution in [0.2, 0.25) is 0 Å². The highest BCUT2D eigenvalue weighted by atomic mass is 16.5. The molecule has 0 radical (unpaired) electrons. The van der Waals surface area contributed by atoms with E-state index in [1.165, 1.54) is 6.92 Å². The predicted molar refractivity (Wildman–Crippen MR) is 106 cm³/mol. The van der Waals surface area contributed by atoms with E-state index in [1.807, 2.05) is 19.9 Å². The molecule has 27 heavy (non-hydrogen) atoms. The van der Waals surface area contributed by atoms with Crippen LogP contribution in [-0.4, -0.2) is 35.4 Å². The predicted octanol–water partition coefficient (Wildman–Crippen LogP) is 3.57. The van der Waals surface area contributed by atoms with Crippen LogP contribution in [0, 0.1) is 19.8 Å². The Morgan fingerprint density at radius 2 is 1.85 bits per heavy atom. The lowest BCUT2D eigenvalue weighted by Crippen LogP contribution is -2.20. The van der Waals surface area contributed by atoms with Gasteiger partial charge in [0.1, 0.15) is 0 Å². The van der Waals surface area contributed by atoms with Gasteiger partial charge >= 0.3 is 5.97 Å². The number of nitrogens with zero attached hydrogens (tertiary/aromatic N) is 1. The van der Waals surface area contributed by atoms with Gasteiger partial charge in [-0.05, 0) is 45.1 Å². The summed E-state index contributed by atoms with van der Waals surface area (Å²) in [4.78, 5) is 35.0. The largest absolute Gasteiger partial charge is 0.457 e. The van der Waals surface area contributed by atoms with Gasteiger partial charge < -0.3 is 14.6 Å². The molecule has 0 aliphatic carbocycles. The quantitative estimate of drug-likeness (QED) is 0.343. The second-order valence-electron chi connectivity index (χ2n) is 7.50. The summed E-state index contributed by atoms with van der Waals surface area (Å²) in [6.45, 7) is 11.1. The average Bonchev–Trinajstić information content (AvgIpc) is 2.87. The molecule has 0 aliphatic heterocycles. The number of rotatable bonds is 12. The fourth-order valence-corrected chi connectivity index (χ4v) is 2.95. The number of carbonyl (C=O) groups excluding carboxylic acids is 3. The number of ether oxygens (including phenoxy) is 1. The molecule has 0 aliphatic rings.